The number of hydrogen-bond acceptors (Lipinski definition) is 1. The summed E-state index contributed by atoms with van der Waals surface area (Å²) in [4.78, 5) is 0. The van der Waals surface area contributed by atoms with E-state index in [4.69, 9.17) is 0 Å². The molecule has 1 aromatic carbocycles. The van der Waals surface area contributed by atoms with Gasteiger partial charge in [0.25, 0.3) is 0 Å². The van der Waals surface area contributed by atoms with E-state index in [0.717, 1.165) is 18.4 Å². The van der Waals surface area contributed by atoms with E-state index in [9.17, 15) is 5.11 Å². The van der Waals surface area contributed by atoms with Crippen molar-refractivity contribution in [2.75, 3.05) is 0 Å². The second-order valence-electron chi connectivity index (χ2n) is 5.78. The van der Waals surface area contributed by atoms with Crippen LogP contribution in [0.1, 0.15) is 38.7 Å². The van der Waals surface area contributed by atoms with Crippen LogP contribution in [0.3, 0.4) is 0 Å². The second-order valence-corrected chi connectivity index (χ2v) is 5.78. The van der Waals surface area contributed by atoms with Gasteiger partial charge in [0.05, 0.1) is 5.60 Å². The van der Waals surface area contributed by atoms with E-state index in [1.807, 2.05) is 18.2 Å². The number of fused-ring (bicyclic) bond motifs is 2. The lowest BCUT2D eigenvalue weighted by Crippen LogP contribution is -2.32. The van der Waals surface area contributed by atoms with Gasteiger partial charge >= 0.3 is 0 Å². The Morgan fingerprint density at radius 3 is 2.47 bits per heavy atom. The molecular formula is C16H20O. The number of hydrogen-bond donors (Lipinski definition) is 1. The summed E-state index contributed by atoms with van der Waals surface area (Å²) in [5.41, 5.74) is 3.46. The summed E-state index contributed by atoms with van der Waals surface area (Å²) in [7, 11) is 0. The first-order valence-electron chi connectivity index (χ1n) is 6.58. The Morgan fingerprint density at radius 1 is 1.18 bits per heavy atom. The Labute approximate surface area is 103 Å². The topological polar surface area (TPSA) is 20.2 Å². The predicted molar refractivity (Wildman–Crippen MR) is 69.5 cm³/mol. The van der Waals surface area contributed by atoms with Crippen LogP contribution in [-0.4, -0.2) is 5.11 Å². The van der Waals surface area contributed by atoms with E-state index in [-0.39, 0.29) is 0 Å². The summed E-state index contributed by atoms with van der Waals surface area (Å²) >= 11 is 0. The minimum absolute atomic E-state index is 0.361. The molecule has 0 aromatic heterocycles. The fourth-order valence-corrected chi connectivity index (χ4v) is 3.99. The van der Waals surface area contributed by atoms with Crippen molar-refractivity contribution in [2.45, 2.75) is 38.7 Å². The molecule has 1 aromatic rings. The fraction of sp³-hybridized carbons (Fsp3) is 0.500. The molecule has 3 atom stereocenters. The Balaban J connectivity index is 2.05. The fourth-order valence-electron chi connectivity index (χ4n) is 3.99. The van der Waals surface area contributed by atoms with Crippen LogP contribution in [0.5, 0.6) is 0 Å². The molecule has 0 aliphatic heterocycles. The monoisotopic (exact) mass is 228 g/mol. The average molecular weight is 228 g/mol. The van der Waals surface area contributed by atoms with E-state index in [1.54, 1.807) is 0 Å². The third-order valence-electron chi connectivity index (χ3n) is 4.60. The molecule has 3 rings (SSSR count). The molecule has 0 saturated heterocycles. The Kier molecular flexibility index (Phi) is 2.41. The zero-order valence-corrected chi connectivity index (χ0v) is 10.6. The van der Waals surface area contributed by atoms with Gasteiger partial charge in [-0.3, -0.25) is 0 Å². The van der Waals surface area contributed by atoms with Gasteiger partial charge in [0.15, 0.2) is 0 Å². The molecular weight excluding hydrogens is 208 g/mol. The Hall–Kier alpha value is -1.08. The summed E-state index contributed by atoms with van der Waals surface area (Å²) in [6, 6.07) is 10.2. The summed E-state index contributed by atoms with van der Waals surface area (Å²) in [6.45, 7) is 4.38. The maximum absolute atomic E-state index is 11.0. The van der Waals surface area contributed by atoms with Gasteiger partial charge in [-0.15, -0.1) is 0 Å². The Bertz CT molecular complexity index is 456. The van der Waals surface area contributed by atoms with Crippen molar-refractivity contribution in [3.05, 3.63) is 47.0 Å². The number of allylic oxidation sites excluding steroid dienone is 1. The van der Waals surface area contributed by atoms with Crippen molar-refractivity contribution >= 4 is 0 Å². The summed E-state index contributed by atoms with van der Waals surface area (Å²) in [5, 5.41) is 11.0. The standard InChI is InChI=1S/C16H20O/c1-11(2)15-12-8-9-14(15)16(17,10-12)13-6-4-3-5-7-13/h3-7,12,14,17H,8-10H2,1-2H3/t12-,14-,16+/m1/s1. The molecule has 17 heavy (non-hydrogen) atoms. The maximum Gasteiger partial charge on any atom is 0.0967 e. The lowest BCUT2D eigenvalue weighted by molar-refractivity contribution is -0.0147. The highest BCUT2D eigenvalue weighted by Crippen LogP contribution is 2.59. The van der Waals surface area contributed by atoms with Crippen LogP contribution in [-0.2, 0) is 5.60 Å². The van der Waals surface area contributed by atoms with Gasteiger partial charge in [-0.25, -0.2) is 0 Å². The lowest BCUT2D eigenvalue weighted by atomic mass is 9.78. The molecule has 0 radical (unpaired) electrons. The minimum atomic E-state index is -0.600. The van der Waals surface area contributed by atoms with Crippen LogP contribution in [0.4, 0.5) is 0 Å². The van der Waals surface area contributed by atoms with Crippen molar-refractivity contribution in [1.29, 1.82) is 0 Å². The van der Waals surface area contributed by atoms with Crippen LogP contribution in [0, 0.1) is 11.8 Å². The van der Waals surface area contributed by atoms with Crippen LogP contribution >= 0.6 is 0 Å². The van der Waals surface area contributed by atoms with Gasteiger partial charge in [-0.2, -0.15) is 0 Å². The molecule has 90 valence electrons. The average Bonchev–Trinajstić information content (AvgIpc) is 2.85. The number of rotatable bonds is 1. The van der Waals surface area contributed by atoms with Crippen LogP contribution < -0.4 is 0 Å². The van der Waals surface area contributed by atoms with Gasteiger partial charge in [-0.05, 0) is 44.6 Å². The Morgan fingerprint density at radius 2 is 1.88 bits per heavy atom. The van der Waals surface area contributed by atoms with E-state index in [2.05, 4.69) is 26.0 Å². The normalized spacial score (nSPS) is 35.4. The number of benzene rings is 1. The first-order chi connectivity index (χ1) is 8.13. The van der Waals surface area contributed by atoms with Crippen LogP contribution in [0.25, 0.3) is 0 Å². The summed E-state index contributed by atoms with van der Waals surface area (Å²) in [5.74, 6) is 0.982. The van der Waals surface area contributed by atoms with E-state index >= 15 is 0 Å². The molecule has 2 saturated carbocycles. The molecule has 0 heterocycles. The SMILES string of the molecule is CC(C)=C1[C@@H]2CC[C@H]1[C@@](O)(c1ccccc1)C2. The molecule has 2 aliphatic rings. The zero-order chi connectivity index (χ0) is 12.0. The number of aliphatic hydroxyl groups is 1. The smallest absolute Gasteiger partial charge is 0.0967 e. The van der Waals surface area contributed by atoms with Crippen molar-refractivity contribution in [2.24, 2.45) is 11.8 Å². The van der Waals surface area contributed by atoms with E-state index in [1.165, 1.54) is 17.6 Å². The van der Waals surface area contributed by atoms with E-state index in [0.29, 0.717) is 11.8 Å². The first kappa shape index (κ1) is 11.0. The predicted octanol–water partition coefficient (Wildman–Crippen LogP) is 3.64. The van der Waals surface area contributed by atoms with E-state index < -0.39 is 5.60 Å². The molecule has 1 nitrogen and oxygen atoms in total. The van der Waals surface area contributed by atoms with Crippen molar-refractivity contribution in [3.63, 3.8) is 0 Å². The molecule has 0 unspecified atom stereocenters. The largest absolute Gasteiger partial charge is 0.385 e. The third kappa shape index (κ3) is 1.49. The van der Waals surface area contributed by atoms with Crippen molar-refractivity contribution in [3.8, 4) is 0 Å². The molecule has 1 heteroatoms. The highest BCUT2D eigenvalue weighted by Gasteiger charge is 2.54. The summed E-state index contributed by atoms with van der Waals surface area (Å²) < 4.78 is 0. The first-order valence-corrected chi connectivity index (χ1v) is 6.58. The molecule has 2 bridgehead atoms. The minimum Gasteiger partial charge on any atom is -0.385 e. The van der Waals surface area contributed by atoms with Gasteiger partial charge in [0.2, 0.25) is 0 Å². The highest BCUT2D eigenvalue weighted by molar-refractivity contribution is 5.37. The third-order valence-corrected chi connectivity index (χ3v) is 4.60. The lowest BCUT2D eigenvalue weighted by Gasteiger charge is -2.32. The molecule has 2 fully saturated rings. The van der Waals surface area contributed by atoms with Crippen molar-refractivity contribution < 1.29 is 5.11 Å². The molecule has 2 aliphatic carbocycles. The quantitative estimate of drug-likeness (QED) is 0.728. The van der Waals surface area contributed by atoms with Gasteiger partial charge < -0.3 is 5.11 Å². The van der Waals surface area contributed by atoms with Crippen molar-refractivity contribution in [1.82, 2.24) is 0 Å². The van der Waals surface area contributed by atoms with Gasteiger partial charge in [0, 0.05) is 5.92 Å². The molecule has 0 spiro atoms. The highest BCUT2D eigenvalue weighted by atomic mass is 16.3. The maximum atomic E-state index is 11.0. The second kappa shape index (κ2) is 3.71. The molecule has 1 N–H and O–H groups in total. The zero-order valence-electron chi connectivity index (χ0n) is 10.6. The van der Waals surface area contributed by atoms with Crippen LogP contribution in [0.2, 0.25) is 0 Å². The van der Waals surface area contributed by atoms with Gasteiger partial charge in [-0.1, -0.05) is 41.5 Å². The van der Waals surface area contributed by atoms with Crippen LogP contribution in [0.15, 0.2) is 41.5 Å². The van der Waals surface area contributed by atoms with Gasteiger partial charge in [0.1, 0.15) is 0 Å². The summed E-state index contributed by atoms with van der Waals surface area (Å²) in [6.07, 6.45) is 3.33. The molecule has 0 amide bonds.